The molecule has 2 unspecified atom stereocenters. The Morgan fingerprint density at radius 1 is 1.36 bits per heavy atom. The molecule has 33 heavy (non-hydrogen) atoms. The van der Waals surface area contributed by atoms with Gasteiger partial charge in [0, 0.05) is 23.9 Å². The molecule has 3 atom stereocenters. The molecule has 0 aromatic heterocycles. The second-order valence-corrected chi connectivity index (χ2v) is 10.00. The van der Waals surface area contributed by atoms with Crippen LogP contribution in [0.5, 0.6) is 5.75 Å². The number of nitrogens with zero attached hydrogens (tertiary/aromatic N) is 1. The number of esters is 1. The van der Waals surface area contributed by atoms with E-state index in [0.717, 1.165) is 48.4 Å². The summed E-state index contributed by atoms with van der Waals surface area (Å²) < 4.78 is 28.4. The van der Waals surface area contributed by atoms with E-state index in [1.807, 2.05) is 12.1 Å². The van der Waals surface area contributed by atoms with Crippen LogP contribution in [-0.2, 0) is 11.2 Å². The molecule has 3 aliphatic rings. The zero-order valence-corrected chi connectivity index (χ0v) is 19.5. The highest BCUT2D eigenvalue weighted by molar-refractivity contribution is 8.00. The Balaban J connectivity index is 1.35. The van der Waals surface area contributed by atoms with Gasteiger partial charge in [0.1, 0.15) is 17.1 Å². The number of β-amino-alcohol motifs (C(OH)–C–C–N with tert-alkyl or cyclic N) is 1. The molecular weight excluding hydrogens is 443 g/mol. The standard InChI is InChI=1S/C25H29FN2O4S/c1-31-25(30)23-21(4-3-19-20-12-17(20)14-32-24(19)23)27-33-22-5-2-18(26)11-16(22)10-15-6-7-28(13-15)8-9-29/h2-5,11,15,17,20,27,29H,6-10,12-14H2,1H3/t15?,17-,20?/m0/s1. The highest BCUT2D eigenvalue weighted by atomic mass is 32.2. The second-order valence-electron chi connectivity index (χ2n) is 9.15. The Hall–Kier alpha value is -2.29. The average molecular weight is 473 g/mol. The summed E-state index contributed by atoms with van der Waals surface area (Å²) in [7, 11) is 1.38. The highest BCUT2D eigenvalue weighted by Crippen LogP contribution is 2.55. The van der Waals surface area contributed by atoms with E-state index >= 15 is 0 Å². The number of hydrogen-bond donors (Lipinski definition) is 2. The van der Waals surface area contributed by atoms with Crippen molar-refractivity contribution in [3.8, 4) is 5.75 Å². The van der Waals surface area contributed by atoms with Crippen LogP contribution >= 0.6 is 11.9 Å². The number of rotatable bonds is 8. The third kappa shape index (κ3) is 4.69. The molecule has 0 spiro atoms. The van der Waals surface area contributed by atoms with Gasteiger partial charge < -0.3 is 24.2 Å². The van der Waals surface area contributed by atoms with Gasteiger partial charge in [-0.25, -0.2) is 9.18 Å². The fourth-order valence-electron chi connectivity index (χ4n) is 5.09. The first-order valence-corrected chi connectivity index (χ1v) is 12.3. The van der Waals surface area contributed by atoms with Gasteiger partial charge in [-0.3, -0.25) is 0 Å². The number of nitrogens with one attached hydrogen (secondary N) is 1. The van der Waals surface area contributed by atoms with Gasteiger partial charge in [0.05, 0.1) is 26.0 Å². The molecule has 176 valence electrons. The molecule has 6 nitrogen and oxygen atoms in total. The molecule has 0 radical (unpaired) electrons. The molecule has 2 aromatic carbocycles. The number of anilines is 1. The van der Waals surface area contributed by atoms with E-state index in [-0.39, 0.29) is 12.4 Å². The third-order valence-electron chi connectivity index (χ3n) is 6.93. The lowest BCUT2D eigenvalue weighted by Crippen LogP contribution is -2.24. The van der Waals surface area contributed by atoms with Crippen LogP contribution in [0.3, 0.4) is 0 Å². The summed E-state index contributed by atoms with van der Waals surface area (Å²) in [6.45, 7) is 3.34. The molecule has 0 amide bonds. The Morgan fingerprint density at radius 2 is 2.24 bits per heavy atom. The van der Waals surface area contributed by atoms with E-state index in [2.05, 4.69) is 9.62 Å². The molecule has 2 N–H and O–H groups in total. The maximum Gasteiger partial charge on any atom is 0.343 e. The Labute approximate surface area is 197 Å². The molecule has 1 aliphatic carbocycles. The van der Waals surface area contributed by atoms with Crippen LogP contribution in [-0.4, -0.2) is 55.9 Å². The van der Waals surface area contributed by atoms with E-state index in [9.17, 15) is 14.3 Å². The molecule has 8 heteroatoms. The van der Waals surface area contributed by atoms with Crippen LogP contribution < -0.4 is 9.46 Å². The van der Waals surface area contributed by atoms with Gasteiger partial charge in [-0.1, -0.05) is 6.07 Å². The van der Waals surface area contributed by atoms with Gasteiger partial charge in [-0.15, -0.1) is 0 Å². The zero-order valence-electron chi connectivity index (χ0n) is 18.7. The van der Waals surface area contributed by atoms with Crippen molar-refractivity contribution in [2.75, 3.05) is 44.7 Å². The number of fused-ring (bicyclic) bond motifs is 3. The van der Waals surface area contributed by atoms with Gasteiger partial charge in [0.25, 0.3) is 0 Å². The molecular formula is C25H29FN2O4S. The van der Waals surface area contributed by atoms with Crippen LogP contribution in [0.2, 0.25) is 0 Å². The number of carbonyl (C=O) groups is 1. The Bertz CT molecular complexity index is 1050. The second kappa shape index (κ2) is 9.52. The number of methoxy groups -OCH3 is 1. The topological polar surface area (TPSA) is 71.0 Å². The van der Waals surface area contributed by atoms with E-state index in [4.69, 9.17) is 9.47 Å². The zero-order chi connectivity index (χ0) is 22.9. The molecule has 2 aliphatic heterocycles. The van der Waals surface area contributed by atoms with Crippen molar-refractivity contribution in [2.24, 2.45) is 11.8 Å². The van der Waals surface area contributed by atoms with E-state index in [1.165, 1.54) is 25.1 Å². The summed E-state index contributed by atoms with van der Waals surface area (Å²) in [5.74, 6) is 1.40. The van der Waals surface area contributed by atoms with Gasteiger partial charge in [0.2, 0.25) is 0 Å². The van der Waals surface area contributed by atoms with Crippen molar-refractivity contribution in [2.45, 2.75) is 30.1 Å². The minimum absolute atomic E-state index is 0.159. The Morgan fingerprint density at radius 3 is 3.06 bits per heavy atom. The predicted molar refractivity (Wildman–Crippen MR) is 125 cm³/mol. The first-order chi connectivity index (χ1) is 16.1. The lowest BCUT2D eigenvalue weighted by molar-refractivity contribution is 0.0596. The van der Waals surface area contributed by atoms with E-state index in [0.29, 0.717) is 47.9 Å². The van der Waals surface area contributed by atoms with Crippen LogP contribution in [0.1, 0.15) is 40.2 Å². The number of likely N-dealkylation sites (tertiary alicyclic amines) is 1. The number of benzene rings is 2. The SMILES string of the molecule is COC(=O)c1c(NSc2ccc(F)cc2CC2CCN(CCO)C2)ccc2c1OC[C@@H]1CC21. The number of hydrogen-bond acceptors (Lipinski definition) is 7. The summed E-state index contributed by atoms with van der Waals surface area (Å²) >= 11 is 1.37. The van der Waals surface area contributed by atoms with Crippen molar-refractivity contribution in [1.82, 2.24) is 4.90 Å². The fourth-order valence-corrected chi connectivity index (χ4v) is 5.89. The summed E-state index contributed by atoms with van der Waals surface area (Å²) in [6, 6.07) is 8.79. The number of ether oxygens (including phenoxy) is 2. The van der Waals surface area contributed by atoms with E-state index < -0.39 is 5.97 Å². The third-order valence-corrected chi connectivity index (χ3v) is 7.87. The van der Waals surface area contributed by atoms with Gasteiger partial charge >= 0.3 is 5.97 Å². The molecule has 5 rings (SSSR count). The minimum Gasteiger partial charge on any atom is -0.492 e. The molecule has 2 aromatic rings. The summed E-state index contributed by atoms with van der Waals surface area (Å²) in [4.78, 5) is 15.8. The van der Waals surface area contributed by atoms with Gasteiger partial charge in [-0.05, 0) is 85.0 Å². The summed E-state index contributed by atoms with van der Waals surface area (Å²) in [5.41, 5.74) is 3.08. The van der Waals surface area contributed by atoms with Crippen molar-refractivity contribution in [3.05, 3.63) is 52.8 Å². The first-order valence-electron chi connectivity index (χ1n) is 11.5. The predicted octanol–water partition coefficient (Wildman–Crippen LogP) is 4.08. The molecule has 2 heterocycles. The molecule has 1 saturated heterocycles. The maximum atomic E-state index is 14.1. The van der Waals surface area contributed by atoms with Gasteiger partial charge in [0.15, 0.2) is 0 Å². The van der Waals surface area contributed by atoms with Crippen LogP contribution in [0, 0.1) is 17.7 Å². The first kappa shape index (κ1) is 22.5. The van der Waals surface area contributed by atoms with E-state index in [1.54, 1.807) is 12.1 Å². The van der Waals surface area contributed by atoms with Gasteiger partial charge in [-0.2, -0.15) is 0 Å². The van der Waals surface area contributed by atoms with Crippen LogP contribution in [0.4, 0.5) is 10.1 Å². The quantitative estimate of drug-likeness (QED) is 0.443. The largest absolute Gasteiger partial charge is 0.492 e. The lowest BCUT2D eigenvalue weighted by Gasteiger charge is -2.22. The smallest absolute Gasteiger partial charge is 0.343 e. The minimum atomic E-state index is -0.427. The normalized spacial score (nSPS) is 23.4. The molecule has 1 saturated carbocycles. The number of aliphatic hydroxyl groups excluding tert-OH is 1. The Kier molecular flexibility index (Phi) is 6.49. The number of carbonyl (C=O) groups excluding carboxylic acids is 1. The van der Waals surface area contributed by atoms with Crippen molar-refractivity contribution >= 4 is 23.6 Å². The lowest BCUT2D eigenvalue weighted by atomic mass is 9.98. The molecule has 2 fully saturated rings. The monoisotopic (exact) mass is 472 g/mol. The average Bonchev–Trinajstić information content (AvgIpc) is 3.50. The van der Waals surface area contributed by atoms with Crippen molar-refractivity contribution in [3.63, 3.8) is 0 Å². The van der Waals surface area contributed by atoms with Crippen LogP contribution in [0.25, 0.3) is 0 Å². The maximum absolute atomic E-state index is 14.1. The summed E-state index contributed by atoms with van der Waals surface area (Å²) in [6.07, 6.45) is 2.90. The van der Waals surface area contributed by atoms with Crippen molar-refractivity contribution < 1.29 is 23.8 Å². The number of halogens is 1. The molecule has 0 bridgehead atoms. The number of aliphatic hydroxyl groups is 1. The fraction of sp³-hybridized carbons (Fsp3) is 0.480. The highest BCUT2D eigenvalue weighted by Gasteiger charge is 2.45. The summed E-state index contributed by atoms with van der Waals surface area (Å²) in [5, 5.41) is 9.19. The van der Waals surface area contributed by atoms with Crippen molar-refractivity contribution in [1.29, 1.82) is 0 Å². The van der Waals surface area contributed by atoms with Crippen LogP contribution in [0.15, 0.2) is 35.2 Å².